The fourth-order valence-corrected chi connectivity index (χ4v) is 5.14. The maximum absolute atomic E-state index is 12.9. The summed E-state index contributed by atoms with van der Waals surface area (Å²) in [5.74, 6) is 0.582. The molecule has 1 amide bonds. The number of nitrogens with one attached hydrogen (secondary N) is 1. The number of hydrogen-bond acceptors (Lipinski definition) is 5. The minimum atomic E-state index is -3.72. The molecule has 2 heterocycles. The van der Waals surface area contributed by atoms with Gasteiger partial charge < -0.3 is 9.73 Å². The second-order valence-electron chi connectivity index (χ2n) is 7.82. The Hall–Kier alpha value is -3.10. The molecule has 1 saturated heterocycles. The highest BCUT2D eigenvalue weighted by molar-refractivity contribution is 7.92. The largest absolute Gasteiger partial charge is 0.468 e. The molecule has 0 saturated carbocycles. The van der Waals surface area contributed by atoms with Gasteiger partial charge >= 0.3 is 0 Å². The van der Waals surface area contributed by atoms with Crippen molar-refractivity contribution in [3.8, 4) is 0 Å². The lowest BCUT2D eigenvalue weighted by molar-refractivity contribution is 0.0933. The Morgan fingerprint density at radius 3 is 2.34 bits per heavy atom. The van der Waals surface area contributed by atoms with Gasteiger partial charge in [-0.3, -0.25) is 14.0 Å². The van der Waals surface area contributed by atoms with Gasteiger partial charge in [-0.2, -0.15) is 0 Å². The summed E-state index contributed by atoms with van der Waals surface area (Å²) in [7, 11) is -2.21. The van der Waals surface area contributed by atoms with Crippen molar-refractivity contribution in [1.29, 1.82) is 0 Å². The highest BCUT2D eigenvalue weighted by Gasteiger charge is 2.26. The second kappa shape index (κ2) is 9.58. The average Bonchev–Trinajstić information content (AvgIpc) is 3.54. The molecule has 1 aromatic heterocycles. The topological polar surface area (TPSA) is 82.9 Å². The molecular weight excluding hydrogens is 426 g/mol. The molecular formula is C24H27N3O4S. The van der Waals surface area contributed by atoms with Crippen LogP contribution in [0.1, 0.15) is 35.0 Å². The molecule has 1 atom stereocenters. The Kier molecular flexibility index (Phi) is 6.62. The van der Waals surface area contributed by atoms with E-state index in [2.05, 4.69) is 10.2 Å². The Bertz CT molecular complexity index is 1120. The van der Waals surface area contributed by atoms with Crippen LogP contribution in [-0.2, 0) is 10.0 Å². The van der Waals surface area contributed by atoms with Gasteiger partial charge in [-0.05, 0) is 74.5 Å². The van der Waals surface area contributed by atoms with E-state index in [9.17, 15) is 13.2 Å². The minimum Gasteiger partial charge on any atom is -0.468 e. The van der Waals surface area contributed by atoms with Gasteiger partial charge in [0, 0.05) is 19.2 Å². The van der Waals surface area contributed by atoms with Gasteiger partial charge in [0.2, 0.25) is 0 Å². The summed E-state index contributed by atoms with van der Waals surface area (Å²) in [6, 6.07) is 18.6. The maximum atomic E-state index is 12.9. The maximum Gasteiger partial charge on any atom is 0.264 e. The van der Waals surface area contributed by atoms with Crippen LogP contribution < -0.4 is 9.62 Å². The van der Waals surface area contributed by atoms with Gasteiger partial charge in [-0.15, -0.1) is 0 Å². The summed E-state index contributed by atoms with van der Waals surface area (Å²) in [6.45, 7) is 2.37. The SMILES string of the molecule is CN(c1ccccc1)S(=O)(=O)c1ccc(C(=O)NCC(c2ccco2)N2CCCC2)cc1. The van der Waals surface area contributed by atoms with Crippen molar-refractivity contribution < 1.29 is 17.6 Å². The molecule has 32 heavy (non-hydrogen) atoms. The number of nitrogens with zero attached hydrogens (tertiary/aromatic N) is 2. The van der Waals surface area contributed by atoms with Gasteiger partial charge in [0.25, 0.3) is 15.9 Å². The molecule has 3 aromatic rings. The summed E-state index contributed by atoms with van der Waals surface area (Å²) in [6.07, 6.45) is 3.92. The molecule has 1 fully saturated rings. The fourth-order valence-electron chi connectivity index (χ4n) is 3.95. The predicted octanol–water partition coefficient (Wildman–Crippen LogP) is 3.67. The quantitative estimate of drug-likeness (QED) is 0.563. The molecule has 0 radical (unpaired) electrons. The van der Waals surface area contributed by atoms with Crippen molar-refractivity contribution in [2.24, 2.45) is 0 Å². The Morgan fingerprint density at radius 2 is 1.72 bits per heavy atom. The third-order valence-electron chi connectivity index (χ3n) is 5.80. The molecule has 0 aliphatic carbocycles. The van der Waals surface area contributed by atoms with Gasteiger partial charge in [0.05, 0.1) is 22.9 Å². The molecule has 7 nitrogen and oxygen atoms in total. The molecule has 1 unspecified atom stereocenters. The van der Waals surface area contributed by atoms with Crippen molar-refractivity contribution in [3.05, 3.63) is 84.3 Å². The number of furan rings is 1. The van der Waals surface area contributed by atoms with Crippen molar-refractivity contribution in [2.45, 2.75) is 23.8 Å². The summed E-state index contributed by atoms with van der Waals surface area (Å²) in [4.78, 5) is 15.2. The first-order valence-corrected chi connectivity index (χ1v) is 12.1. The molecule has 2 aromatic carbocycles. The van der Waals surface area contributed by atoms with Crippen LogP contribution in [0.3, 0.4) is 0 Å². The lowest BCUT2D eigenvalue weighted by atomic mass is 10.1. The number of para-hydroxylation sites is 1. The number of amides is 1. The number of hydrogen-bond donors (Lipinski definition) is 1. The first kappa shape index (κ1) is 22.1. The molecule has 4 rings (SSSR count). The molecule has 0 bridgehead atoms. The molecule has 1 aliphatic heterocycles. The molecule has 8 heteroatoms. The van der Waals surface area contributed by atoms with E-state index in [1.807, 2.05) is 18.2 Å². The van der Waals surface area contributed by atoms with Gasteiger partial charge in [0.1, 0.15) is 5.76 Å². The lowest BCUT2D eigenvalue weighted by Gasteiger charge is -2.26. The van der Waals surface area contributed by atoms with Gasteiger partial charge in [-0.25, -0.2) is 8.42 Å². The Balaban J connectivity index is 1.44. The van der Waals surface area contributed by atoms with Crippen LogP contribution in [0.15, 0.2) is 82.3 Å². The molecule has 168 valence electrons. The van der Waals surface area contributed by atoms with E-state index < -0.39 is 10.0 Å². The first-order valence-electron chi connectivity index (χ1n) is 10.7. The summed E-state index contributed by atoms with van der Waals surface area (Å²) in [5.41, 5.74) is 0.978. The zero-order valence-electron chi connectivity index (χ0n) is 18.0. The van der Waals surface area contributed by atoms with Crippen LogP contribution in [0.2, 0.25) is 0 Å². The van der Waals surface area contributed by atoms with Crippen LogP contribution >= 0.6 is 0 Å². The van der Waals surface area contributed by atoms with E-state index in [4.69, 9.17) is 4.42 Å². The summed E-state index contributed by atoms with van der Waals surface area (Å²) in [5, 5.41) is 2.97. The van der Waals surface area contributed by atoms with Crippen molar-refractivity contribution in [2.75, 3.05) is 31.0 Å². The predicted molar refractivity (Wildman–Crippen MR) is 123 cm³/mol. The first-order chi connectivity index (χ1) is 15.5. The van der Waals surface area contributed by atoms with Gasteiger partial charge in [-0.1, -0.05) is 18.2 Å². The average molecular weight is 454 g/mol. The molecule has 0 spiro atoms. The van der Waals surface area contributed by atoms with Crippen LogP contribution in [-0.4, -0.2) is 45.9 Å². The third kappa shape index (κ3) is 4.71. The van der Waals surface area contributed by atoms with Crippen LogP contribution in [0.4, 0.5) is 5.69 Å². The van der Waals surface area contributed by atoms with Crippen molar-refractivity contribution >= 4 is 21.6 Å². The van der Waals surface area contributed by atoms with Crippen LogP contribution in [0.5, 0.6) is 0 Å². The highest BCUT2D eigenvalue weighted by Crippen LogP contribution is 2.25. The number of carbonyl (C=O) groups is 1. The monoisotopic (exact) mass is 453 g/mol. The molecule has 1 aliphatic rings. The Labute approximate surface area is 188 Å². The van der Waals surface area contributed by atoms with E-state index in [1.54, 1.807) is 42.7 Å². The van der Waals surface area contributed by atoms with E-state index in [-0.39, 0.29) is 16.8 Å². The zero-order valence-corrected chi connectivity index (χ0v) is 18.8. The van der Waals surface area contributed by atoms with Crippen LogP contribution in [0.25, 0.3) is 0 Å². The van der Waals surface area contributed by atoms with E-state index >= 15 is 0 Å². The number of anilines is 1. The number of benzene rings is 2. The smallest absolute Gasteiger partial charge is 0.264 e. The third-order valence-corrected chi connectivity index (χ3v) is 7.60. The van der Waals surface area contributed by atoms with Gasteiger partial charge in [0.15, 0.2) is 0 Å². The number of carbonyl (C=O) groups excluding carboxylic acids is 1. The zero-order chi connectivity index (χ0) is 22.6. The fraction of sp³-hybridized carbons (Fsp3) is 0.292. The second-order valence-corrected chi connectivity index (χ2v) is 9.79. The standard InChI is InChI=1S/C24H27N3O4S/c1-26(20-8-3-2-4-9-20)32(29,30)21-13-11-19(12-14-21)24(28)25-18-22(23-10-7-17-31-23)27-15-5-6-16-27/h2-4,7-14,17,22H,5-6,15-16,18H2,1H3,(H,25,28). The van der Waals surface area contributed by atoms with E-state index in [0.29, 0.717) is 17.8 Å². The number of rotatable bonds is 8. The number of likely N-dealkylation sites (tertiary alicyclic amines) is 1. The van der Waals surface area contributed by atoms with Crippen molar-refractivity contribution in [3.63, 3.8) is 0 Å². The van der Waals surface area contributed by atoms with Crippen LogP contribution in [0, 0.1) is 0 Å². The Morgan fingerprint density at radius 1 is 1.03 bits per heavy atom. The van der Waals surface area contributed by atoms with E-state index in [0.717, 1.165) is 31.7 Å². The van der Waals surface area contributed by atoms with E-state index in [1.165, 1.54) is 23.5 Å². The number of sulfonamides is 1. The van der Waals surface area contributed by atoms with Crippen molar-refractivity contribution in [1.82, 2.24) is 10.2 Å². The summed E-state index contributed by atoms with van der Waals surface area (Å²) >= 11 is 0. The summed E-state index contributed by atoms with van der Waals surface area (Å²) < 4.78 is 32.7. The lowest BCUT2D eigenvalue weighted by Crippen LogP contribution is -2.36. The highest BCUT2D eigenvalue weighted by atomic mass is 32.2. The normalized spacial score (nSPS) is 15.4. The minimum absolute atomic E-state index is 0.0179. The molecule has 1 N–H and O–H groups in total.